The second-order valence-corrected chi connectivity index (χ2v) is 4.68. The van der Waals surface area contributed by atoms with E-state index in [1.54, 1.807) is 24.9 Å². The van der Waals surface area contributed by atoms with Crippen molar-refractivity contribution in [3.05, 3.63) is 35.1 Å². The average molecular weight is 243 g/mol. The molecule has 0 aromatic heterocycles. The largest absolute Gasteiger partial charge is 0.385 e. The van der Waals surface area contributed by atoms with Crippen molar-refractivity contribution in [2.45, 2.75) is 18.7 Å². The van der Waals surface area contributed by atoms with Gasteiger partial charge in [-0.2, -0.15) is 11.8 Å². The minimum Gasteiger partial charge on any atom is -0.385 e. The van der Waals surface area contributed by atoms with Gasteiger partial charge in [0.2, 0.25) is 0 Å². The zero-order valence-corrected chi connectivity index (χ0v) is 10.4. The third kappa shape index (κ3) is 4.96. The molecule has 0 radical (unpaired) electrons. The van der Waals surface area contributed by atoms with E-state index in [0.717, 1.165) is 35.7 Å². The van der Waals surface area contributed by atoms with E-state index in [2.05, 4.69) is 0 Å². The molecule has 0 aliphatic carbocycles. The van der Waals surface area contributed by atoms with Gasteiger partial charge < -0.3 is 10.5 Å². The van der Waals surface area contributed by atoms with Crippen LogP contribution in [0.15, 0.2) is 18.2 Å². The molecule has 90 valence electrons. The van der Waals surface area contributed by atoms with E-state index in [4.69, 9.17) is 10.5 Å². The van der Waals surface area contributed by atoms with Gasteiger partial charge in [0.05, 0.1) is 0 Å². The summed E-state index contributed by atoms with van der Waals surface area (Å²) < 4.78 is 18.1. The van der Waals surface area contributed by atoms with Gasteiger partial charge in [-0.1, -0.05) is 6.07 Å². The van der Waals surface area contributed by atoms with Gasteiger partial charge in [-0.05, 0) is 35.4 Å². The summed E-state index contributed by atoms with van der Waals surface area (Å²) in [5.41, 5.74) is 7.35. The summed E-state index contributed by atoms with van der Waals surface area (Å²) in [4.78, 5) is 0. The van der Waals surface area contributed by atoms with Crippen LogP contribution >= 0.6 is 11.8 Å². The van der Waals surface area contributed by atoms with Crippen LogP contribution in [0.25, 0.3) is 0 Å². The normalized spacial score (nSPS) is 10.7. The Morgan fingerprint density at radius 1 is 1.31 bits per heavy atom. The highest BCUT2D eigenvalue weighted by Gasteiger charge is 2.00. The van der Waals surface area contributed by atoms with Gasteiger partial charge in [-0.3, -0.25) is 0 Å². The highest BCUT2D eigenvalue weighted by atomic mass is 32.2. The van der Waals surface area contributed by atoms with Crippen LogP contribution in [0.5, 0.6) is 0 Å². The lowest BCUT2D eigenvalue weighted by molar-refractivity contribution is 0.200. The van der Waals surface area contributed by atoms with E-state index < -0.39 is 0 Å². The van der Waals surface area contributed by atoms with Crippen LogP contribution in [-0.2, 0) is 17.0 Å². The molecular weight excluding hydrogens is 225 g/mol. The van der Waals surface area contributed by atoms with Crippen molar-refractivity contribution in [3.63, 3.8) is 0 Å². The molecular formula is C12H18FNOS. The summed E-state index contributed by atoms with van der Waals surface area (Å²) in [6.07, 6.45) is 1.03. The van der Waals surface area contributed by atoms with Gasteiger partial charge in [0.1, 0.15) is 5.82 Å². The number of hydrogen-bond donors (Lipinski definition) is 1. The fourth-order valence-corrected chi connectivity index (χ4v) is 2.28. The first kappa shape index (κ1) is 13.5. The van der Waals surface area contributed by atoms with Crippen LogP contribution in [0.3, 0.4) is 0 Å². The highest BCUT2D eigenvalue weighted by molar-refractivity contribution is 7.98. The van der Waals surface area contributed by atoms with E-state index in [0.29, 0.717) is 6.54 Å². The van der Waals surface area contributed by atoms with E-state index in [-0.39, 0.29) is 5.82 Å². The molecule has 0 spiro atoms. The van der Waals surface area contributed by atoms with Crippen LogP contribution in [0.4, 0.5) is 4.39 Å². The predicted molar refractivity (Wildman–Crippen MR) is 66.9 cm³/mol. The maximum absolute atomic E-state index is 13.2. The molecule has 0 saturated carbocycles. The zero-order chi connectivity index (χ0) is 11.8. The fraction of sp³-hybridized carbons (Fsp3) is 0.500. The smallest absolute Gasteiger partial charge is 0.123 e. The Morgan fingerprint density at radius 2 is 2.06 bits per heavy atom. The van der Waals surface area contributed by atoms with Crippen LogP contribution in [0.1, 0.15) is 17.5 Å². The summed E-state index contributed by atoms with van der Waals surface area (Å²) in [6, 6.07) is 5.02. The number of methoxy groups -OCH3 is 1. The lowest BCUT2D eigenvalue weighted by Crippen LogP contribution is -1.98. The Balaban J connectivity index is 2.38. The highest BCUT2D eigenvalue weighted by Crippen LogP contribution is 2.16. The molecule has 1 aromatic rings. The number of nitrogens with two attached hydrogens (primary N) is 1. The van der Waals surface area contributed by atoms with Crippen LogP contribution in [0.2, 0.25) is 0 Å². The molecule has 0 unspecified atom stereocenters. The van der Waals surface area contributed by atoms with Crippen LogP contribution in [0, 0.1) is 5.82 Å². The molecule has 2 nitrogen and oxygen atoms in total. The molecule has 0 saturated heterocycles. The first-order valence-electron chi connectivity index (χ1n) is 5.31. The summed E-state index contributed by atoms with van der Waals surface area (Å²) in [6.45, 7) is 1.17. The predicted octanol–water partition coefficient (Wildman–Crippen LogP) is 2.55. The molecule has 0 aliphatic rings. The molecule has 4 heteroatoms. The quantitative estimate of drug-likeness (QED) is 0.747. The fourth-order valence-electron chi connectivity index (χ4n) is 1.41. The maximum atomic E-state index is 13.2. The third-order valence-corrected chi connectivity index (χ3v) is 3.27. The van der Waals surface area contributed by atoms with Gasteiger partial charge in [0.25, 0.3) is 0 Å². The SMILES string of the molecule is COCCCSCc1cc(F)cc(CN)c1. The van der Waals surface area contributed by atoms with Crippen molar-refractivity contribution in [1.82, 2.24) is 0 Å². The first-order valence-corrected chi connectivity index (χ1v) is 6.47. The van der Waals surface area contributed by atoms with E-state index in [9.17, 15) is 4.39 Å². The van der Waals surface area contributed by atoms with Crippen LogP contribution < -0.4 is 5.73 Å². The number of hydrogen-bond acceptors (Lipinski definition) is 3. The van der Waals surface area contributed by atoms with Crippen molar-refractivity contribution in [2.24, 2.45) is 5.73 Å². The molecule has 2 N–H and O–H groups in total. The summed E-state index contributed by atoms with van der Waals surface area (Å²) in [5, 5.41) is 0. The second kappa shape index (κ2) is 7.65. The Bertz CT molecular complexity index is 320. The molecule has 1 aromatic carbocycles. The van der Waals surface area contributed by atoms with Gasteiger partial charge in [0, 0.05) is 26.0 Å². The van der Waals surface area contributed by atoms with Gasteiger partial charge in [-0.25, -0.2) is 4.39 Å². The molecule has 0 atom stereocenters. The molecule has 0 heterocycles. The third-order valence-electron chi connectivity index (χ3n) is 2.16. The molecule has 16 heavy (non-hydrogen) atoms. The van der Waals surface area contributed by atoms with Gasteiger partial charge in [0.15, 0.2) is 0 Å². The van der Waals surface area contributed by atoms with Crippen molar-refractivity contribution >= 4 is 11.8 Å². The van der Waals surface area contributed by atoms with Crippen molar-refractivity contribution < 1.29 is 9.13 Å². The van der Waals surface area contributed by atoms with E-state index in [1.165, 1.54) is 6.07 Å². The van der Waals surface area contributed by atoms with E-state index in [1.807, 2.05) is 6.07 Å². The molecule has 0 amide bonds. The number of rotatable bonds is 7. The van der Waals surface area contributed by atoms with Gasteiger partial charge in [-0.15, -0.1) is 0 Å². The minimum atomic E-state index is -0.199. The van der Waals surface area contributed by atoms with E-state index >= 15 is 0 Å². The Kier molecular flexibility index (Phi) is 6.45. The topological polar surface area (TPSA) is 35.2 Å². The minimum absolute atomic E-state index is 0.199. The van der Waals surface area contributed by atoms with Gasteiger partial charge >= 0.3 is 0 Å². The second-order valence-electron chi connectivity index (χ2n) is 3.57. The number of benzene rings is 1. The maximum Gasteiger partial charge on any atom is 0.123 e. The summed E-state index contributed by atoms with van der Waals surface area (Å²) in [5.74, 6) is 1.66. The average Bonchev–Trinajstić information content (AvgIpc) is 2.28. The molecule has 0 bridgehead atoms. The van der Waals surface area contributed by atoms with Crippen molar-refractivity contribution in [2.75, 3.05) is 19.5 Å². The lowest BCUT2D eigenvalue weighted by atomic mass is 10.1. The van der Waals surface area contributed by atoms with Crippen LogP contribution in [-0.4, -0.2) is 19.5 Å². The Labute approximate surface area is 100 Å². The summed E-state index contributed by atoms with van der Waals surface area (Å²) >= 11 is 1.79. The standard InChI is InChI=1S/C12H18FNOS/c1-15-3-2-4-16-9-11-5-10(8-14)6-12(13)7-11/h5-7H,2-4,8-9,14H2,1H3. The number of thioether (sulfide) groups is 1. The first-order chi connectivity index (χ1) is 7.76. The molecule has 0 aliphatic heterocycles. The number of ether oxygens (including phenoxy) is 1. The number of halogens is 1. The van der Waals surface area contributed by atoms with Crippen molar-refractivity contribution in [1.29, 1.82) is 0 Å². The van der Waals surface area contributed by atoms with Crippen molar-refractivity contribution in [3.8, 4) is 0 Å². The Morgan fingerprint density at radius 3 is 2.75 bits per heavy atom. The Hall–Kier alpha value is -0.580. The monoisotopic (exact) mass is 243 g/mol. The molecule has 1 rings (SSSR count). The summed E-state index contributed by atoms with van der Waals surface area (Å²) in [7, 11) is 1.70. The molecule has 0 fully saturated rings. The lowest BCUT2D eigenvalue weighted by Gasteiger charge is -2.05. The zero-order valence-electron chi connectivity index (χ0n) is 9.54.